The van der Waals surface area contributed by atoms with E-state index in [9.17, 15) is 19.7 Å². The molecule has 2 saturated carbocycles. The van der Waals surface area contributed by atoms with E-state index in [-0.39, 0.29) is 35.0 Å². The molecule has 98 valence electrons. The van der Waals surface area contributed by atoms with Crippen LogP contribution >= 0.6 is 0 Å². The average Bonchev–Trinajstić information content (AvgIpc) is 3.00. The fourth-order valence-electron chi connectivity index (χ4n) is 2.79. The van der Waals surface area contributed by atoms with Crippen LogP contribution in [-0.2, 0) is 9.59 Å². The number of Topliss-reactive ketones (excluding diaryl/α,β-unsaturated/α-hetero) is 1. The third-order valence-electron chi connectivity index (χ3n) is 3.80. The van der Waals surface area contributed by atoms with Gasteiger partial charge in [-0.3, -0.25) is 19.7 Å². The Morgan fingerprint density at radius 3 is 2.53 bits per heavy atom. The van der Waals surface area contributed by atoms with Gasteiger partial charge in [0.25, 0.3) is 5.69 Å². The number of esters is 1. The maximum Gasteiger partial charge on any atom is 0.315 e. The van der Waals surface area contributed by atoms with Crippen molar-refractivity contribution < 1.29 is 19.2 Å². The van der Waals surface area contributed by atoms with Gasteiger partial charge in [-0.2, -0.15) is 0 Å². The molecule has 0 unspecified atom stereocenters. The fourth-order valence-corrected chi connectivity index (χ4v) is 2.79. The first-order valence-electron chi connectivity index (χ1n) is 6.07. The number of nitro groups is 1. The summed E-state index contributed by atoms with van der Waals surface area (Å²) < 4.78 is 5.14. The van der Waals surface area contributed by atoms with Crippen LogP contribution in [-0.4, -0.2) is 16.7 Å². The molecule has 0 aromatic heterocycles. The first kappa shape index (κ1) is 11.8. The Labute approximate surface area is 108 Å². The molecule has 19 heavy (non-hydrogen) atoms. The van der Waals surface area contributed by atoms with Crippen molar-refractivity contribution in [3.63, 3.8) is 0 Å². The lowest BCUT2D eigenvalue weighted by atomic mass is 10.1. The molecule has 3 rings (SSSR count). The van der Waals surface area contributed by atoms with Crippen molar-refractivity contribution >= 4 is 17.4 Å². The van der Waals surface area contributed by atoms with E-state index < -0.39 is 10.9 Å². The van der Waals surface area contributed by atoms with E-state index in [2.05, 4.69) is 0 Å². The summed E-state index contributed by atoms with van der Waals surface area (Å²) in [4.78, 5) is 33.2. The van der Waals surface area contributed by atoms with Gasteiger partial charge in [-0.25, -0.2) is 0 Å². The molecule has 0 amide bonds. The molecule has 1 aromatic rings. The normalized spacial score (nSPS) is 27.8. The second kappa shape index (κ2) is 4.15. The summed E-state index contributed by atoms with van der Waals surface area (Å²) in [7, 11) is 0. The van der Waals surface area contributed by atoms with Crippen LogP contribution in [0.3, 0.4) is 0 Å². The van der Waals surface area contributed by atoms with Gasteiger partial charge < -0.3 is 4.74 Å². The molecule has 0 aliphatic heterocycles. The van der Waals surface area contributed by atoms with Gasteiger partial charge in [0.2, 0.25) is 0 Å². The summed E-state index contributed by atoms with van der Waals surface area (Å²) in [6, 6.07) is 5.33. The number of hydrogen-bond acceptors (Lipinski definition) is 5. The van der Waals surface area contributed by atoms with Gasteiger partial charge in [-0.05, 0) is 24.5 Å². The Balaban J connectivity index is 1.64. The smallest absolute Gasteiger partial charge is 0.315 e. The van der Waals surface area contributed by atoms with Crippen molar-refractivity contribution in [2.75, 3.05) is 0 Å². The third kappa shape index (κ3) is 1.99. The van der Waals surface area contributed by atoms with E-state index in [1.165, 1.54) is 24.3 Å². The average molecular weight is 261 g/mol. The van der Waals surface area contributed by atoms with Crippen LogP contribution in [0.4, 0.5) is 5.69 Å². The minimum absolute atomic E-state index is 0.0572. The van der Waals surface area contributed by atoms with Crippen LogP contribution in [0.1, 0.15) is 12.8 Å². The SMILES string of the molecule is O=C1CC[C@@H]2[C@H]1[C@H]2C(=O)Oc1ccc([N+](=O)[O-])cc1. The lowest BCUT2D eigenvalue weighted by Crippen LogP contribution is -2.15. The van der Waals surface area contributed by atoms with E-state index >= 15 is 0 Å². The van der Waals surface area contributed by atoms with E-state index in [1.807, 2.05) is 0 Å². The summed E-state index contributed by atoms with van der Waals surface area (Å²) in [6.45, 7) is 0. The number of carbonyl (C=O) groups is 2. The molecule has 6 nitrogen and oxygen atoms in total. The number of hydrogen-bond donors (Lipinski definition) is 0. The van der Waals surface area contributed by atoms with Gasteiger partial charge in [0.1, 0.15) is 11.5 Å². The van der Waals surface area contributed by atoms with Gasteiger partial charge in [0.15, 0.2) is 0 Å². The number of ether oxygens (including phenoxy) is 1. The molecular weight excluding hydrogens is 250 g/mol. The van der Waals surface area contributed by atoms with E-state index in [0.29, 0.717) is 6.42 Å². The van der Waals surface area contributed by atoms with Gasteiger partial charge in [0, 0.05) is 24.5 Å². The highest BCUT2D eigenvalue weighted by molar-refractivity contribution is 5.95. The standard InChI is InChI=1S/C13H11NO5/c15-10-6-5-9-11(10)12(9)13(16)19-8-3-1-7(2-4-8)14(17)18/h1-4,9,11-12H,5-6H2/t9-,11-,12+/m1/s1. The number of nitro benzene ring substituents is 1. The molecular formula is C13H11NO5. The Morgan fingerprint density at radius 2 is 2.00 bits per heavy atom. The van der Waals surface area contributed by atoms with Crippen LogP contribution in [0, 0.1) is 27.9 Å². The van der Waals surface area contributed by atoms with Gasteiger partial charge in [-0.1, -0.05) is 0 Å². The van der Waals surface area contributed by atoms with Crippen molar-refractivity contribution in [2.45, 2.75) is 12.8 Å². The van der Waals surface area contributed by atoms with Crippen LogP contribution in [0.25, 0.3) is 0 Å². The zero-order chi connectivity index (χ0) is 13.6. The van der Waals surface area contributed by atoms with Crippen molar-refractivity contribution in [3.8, 4) is 5.75 Å². The van der Waals surface area contributed by atoms with Gasteiger partial charge >= 0.3 is 5.97 Å². The van der Waals surface area contributed by atoms with Crippen molar-refractivity contribution in [1.82, 2.24) is 0 Å². The molecule has 0 radical (unpaired) electrons. The van der Waals surface area contributed by atoms with Crippen LogP contribution in [0.2, 0.25) is 0 Å². The molecule has 2 fully saturated rings. The minimum Gasteiger partial charge on any atom is -0.426 e. The lowest BCUT2D eigenvalue weighted by molar-refractivity contribution is -0.384. The van der Waals surface area contributed by atoms with E-state index in [4.69, 9.17) is 4.74 Å². The highest BCUT2D eigenvalue weighted by Gasteiger charge is 2.62. The molecule has 0 saturated heterocycles. The lowest BCUT2D eigenvalue weighted by Gasteiger charge is -2.04. The maximum atomic E-state index is 11.8. The zero-order valence-corrected chi connectivity index (χ0v) is 9.94. The summed E-state index contributed by atoms with van der Waals surface area (Å²) in [5, 5.41) is 10.5. The molecule has 3 atom stereocenters. The van der Waals surface area contributed by atoms with E-state index in [1.54, 1.807) is 0 Å². The Morgan fingerprint density at radius 1 is 1.32 bits per heavy atom. The molecule has 1 aromatic carbocycles. The Hall–Kier alpha value is -2.24. The molecule has 6 heteroatoms. The molecule has 0 N–H and O–H groups in total. The first-order valence-corrected chi connectivity index (χ1v) is 6.07. The number of carbonyl (C=O) groups excluding carboxylic acids is 2. The summed E-state index contributed by atoms with van der Waals surface area (Å²) in [6.07, 6.45) is 1.33. The summed E-state index contributed by atoms with van der Waals surface area (Å²) in [5.74, 6) is -0.291. The van der Waals surface area contributed by atoms with Crippen molar-refractivity contribution in [1.29, 1.82) is 0 Å². The zero-order valence-electron chi connectivity index (χ0n) is 9.94. The van der Waals surface area contributed by atoms with Gasteiger partial charge in [0.05, 0.1) is 10.8 Å². The number of non-ortho nitro benzene ring substituents is 1. The number of nitrogens with zero attached hydrogens (tertiary/aromatic N) is 1. The third-order valence-corrected chi connectivity index (χ3v) is 3.80. The Kier molecular flexibility index (Phi) is 2.58. The fraction of sp³-hybridized carbons (Fsp3) is 0.385. The Bertz CT molecular complexity index is 565. The number of rotatable bonds is 3. The molecule has 0 spiro atoms. The monoisotopic (exact) mass is 261 g/mol. The topological polar surface area (TPSA) is 86.5 Å². The number of ketones is 1. The number of benzene rings is 1. The summed E-state index contributed by atoms with van der Waals surface area (Å²) >= 11 is 0. The van der Waals surface area contributed by atoms with Crippen molar-refractivity contribution in [3.05, 3.63) is 34.4 Å². The largest absolute Gasteiger partial charge is 0.426 e. The second-order valence-corrected chi connectivity index (χ2v) is 4.89. The highest BCUT2D eigenvalue weighted by atomic mass is 16.6. The van der Waals surface area contributed by atoms with Crippen LogP contribution in [0.5, 0.6) is 5.75 Å². The van der Waals surface area contributed by atoms with E-state index in [0.717, 1.165) is 6.42 Å². The maximum absolute atomic E-state index is 11.8. The quantitative estimate of drug-likeness (QED) is 0.358. The van der Waals surface area contributed by atoms with Gasteiger partial charge in [-0.15, -0.1) is 0 Å². The molecule has 2 aliphatic carbocycles. The van der Waals surface area contributed by atoms with Crippen LogP contribution < -0.4 is 4.74 Å². The predicted molar refractivity (Wildman–Crippen MR) is 63.4 cm³/mol. The van der Waals surface area contributed by atoms with Crippen molar-refractivity contribution in [2.24, 2.45) is 17.8 Å². The molecule has 0 heterocycles. The predicted octanol–water partition coefficient (Wildman–Crippen LogP) is 1.73. The highest BCUT2D eigenvalue weighted by Crippen LogP contribution is 2.55. The summed E-state index contributed by atoms with van der Waals surface area (Å²) in [5.41, 5.74) is -0.0572. The number of fused-ring (bicyclic) bond motifs is 1. The molecule has 0 bridgehead atoms. The molecule has 2 aliphatic rings. The second-order valence-electron chi connectivity index (χ2n) is 4.89. The van der Waals surface area contributed by atoms with Crippen LogP contribution in [0.15, 0.2) is 24.3 Å². The first-order chi connectivity index (χ1) is 9.08. The minimum atomic E-state index is -0.518.